The summed E-state index contributed by atoms with van der Waals surface area (Å²) in [6.45, 7) is 3.69. The molecule has 128 valence electrons. The molecule has 0 saturated heterocycles. The summed E-state index contributed by atoms with van der Waals surface area (Å²) < 4.78 is 0. The van der Waals surface area contributed by atoms with E-state index in [9.17, 15) is 14.7 Å². The molecule has 0 aliphatic rings. The van der Waals surface area contributed by atoms with Crippen LogP contribution >= 0.6 is 0 Å². The summed E-state index contributed by atoms with van der Waals surface area (Å²) in [4.78, 5) is 24.2. The molecule has 1 aromatic rings. The standard InChI is InChI=1S/C16H25N3O4/c1-10(2)14(17)16(23)19-15(22)13(18-7-8-20)9-11-3-5-12(21)6-4-11/h3-6,10,13-14,18,20-21H,7-9,17H2,1-2H3,(H,19,22,23)/t13-,14-/m0/s1. The van der Waals surface area contributed by atoms with Gasteiger partial charge in [0.1, 0.15) is 5.75 Å². The van der Waals surface area contributed by atoms with Gasteiger partial charge < -0.3 is 21.3 Å². The SMILES string of the molecule is CC(C)[C@H](N)C(=O)NC(=O)[C@H](Cc1ccc(O)cc1)NCCO. The Bertz CT molecular complexity index is 517. The minimum Gasteiger partial charge on any atom is -0.508 e. The first-order valence-electron chi connectivity index (χ1n) is 7.57. The van der Waals surface area contributed by atoms with Gasteiger partial charge in [-0.25, -0.2) is 0 Å². The molecule has 7 heteroatoms. The Labute approximate surface area is 135 Å². The van der Waals surface area contributed by atoms with Crippen LogP contribution in [-0.2, 0) is 16.0 Å². The molecule has 0 unspecified atom stereocenters. The van der Waals surface area contributed by atoms with Crippen molar-refractivity contribution in [1.29, 1.82) is 0 Å². The van der Waals surface area contributed by atoms with Crippen LogP contribution in [0, 0.1) is 5.92 Å². The Morgan fingerprint density at radius 3 is 2.30 bits per heavy atom. The summed E-state index contributed by atoms with van der Waals surface area (Å²) in [5.41, 5.74) is 6.54. The Kier molecular flexibility index (Phi) is 7.67. The number of carbonyl (C=O) groups is 2. The zero-order valence-electron chi connectivity index (χ0n) is 13.5. The number of nitrogens with one attached hydrogen (secondary N) is 2. The summed E-state index contributed by atoms with van der Waals surface area (Å²) in [6.07, 6.45) is 0.316. The molecule has 0 saturated carbocycles. The molecule has 1 aromatic carbocycles. The van der Waals surface area contributed by atoms with Crippen LogP contribution < -0.4 is 16.4 Å². The van der Waals surface area contributed by atoms with Gasteiger partial charge in [0.15, 0.2) is 0 Å². The molecule has 2 atom stereocenters. The molecule has 0 fully saturated rings. The van der Waals surface area contributed by atoms with Crippen molar-refractivity contribution < 1.29 is 19.8 Å². The zero-order chi connectivity index (χ0) is 17.4. The Morgan fingerprint density at radius 1 is 1.17 bits per heavy atom. The summed E-state index contributed by atoms with van der Waals surface area (Å²) in [5, 5.41) is 23.4. The molecular weight excluding hydrogens is 298 g/mol. The fourth-order valence-corrected chi connectivity index (χ4v) is 1.96. The second-order valence-electron chi connectivity index (χ2n) is 5.72. The molecule has 0 heterocycles. The lowest BCUT2D eigenvalue weighted by Gasteiger charge is -2.20. The third-order valence-electron chi connectivity index (χ3n) is 3.46. The molecule has 0 bridgehead atoms. The second-order valence-corrected chi connectivity index (χ2v) is 5.72. The largest absolute Gasteiger partial charge is 0.508 e. The van der Waals surface area contributed by atoms with E-state index in [-0.39, 0.29) is 24.8 Å². The Balaban J connectivity index is 2.74. The van der Waals surface area contributed by atoms with Crippen molar-refractivity contribution in [3.63, 3.8) is 0 Å². The number of aliphatic hydroxyl groups is 1. The van der Waals surface area contributed by atoms with E-state index < -0.39 is 23.9 Å². The van der Waals surface area contributed by atoms with Gasteiger partial charge in [-0.2, -0.15) is 0 Å². The molecular formula is C16H25N3O4. The van der Waals surface area contributed by atoms with Crippen LogP contribution in [0.2, 0.25) is 0 Å². The number of rotatable bonds is 8. The summed E-state index contributed by atoms with van der Waals surface area (Å²) >= 11 is 0. The Morgan fingerprint density at radius 2 is 1.78 bits per heavy atom. The molecule has 0 spiro atoms. The van der Waals surface area contributed by atoms with Gasteiger partial charge in [0.2, 0.25) is 11.8 Å². The lowest BCUT2D eigenvalue weighted by Crippen LogP contribution is -2.53. The van der Waals surface area contributed by atoms with Crippen molar-refractivity contribution in [2.45, 2.75) is 32.4 Å². The highest BCUT2D eigenvalue weighted by atomic mass is 16.3. The highest BCUT2D eigenvalue weighted by Gasteiger charge is 2.24. The lowest BCUT2D eigenvalue weighted by molar-refractivity contribution is -0.132. The average molecular weight is 323 g/mol. The van der Waals surface area contributed by atoms with Crippen molar-refractivity contribution >= 4 is 11.8 Å². The number of amides is 2. The van der Waals surface area contributed by atoms with Crippen LogP contribution in [0.1, 0.15) is 19.4 Å². The molecule has 1 rings (SSSR count). The summed E-state index contributed by atoms with van der Waals surface area (Å²) in [5.74, 6) is -0.959. The van der Waals surface area contributed by atoms with Gasteiger partial charge in [0, 0.05) is 6.54 Å². The zero-order valence-corrected chi connectivity index (χ0v) is 13.5. The molecule has 0 radical (unpaired) electrons. The third kappa shape index (κ3) is 6.35. The van der Waals surface area contributed by atoms with E-state index in [0.29, 0.717) is 6.42 Å². The number of phenolic OH excluding ortho intramolecular Hbond substituents is 1. The quantitative estimate of drug-likeness (QED) is 0.440. The van der Waals surface area contributed by atoms with E-state index in [1.807, 2.05) is 0 Å². The number of hydrogen-bond donors (Lipinski definition) is 5. The first kappa shape index (κ1) is 19.1. The maximum Gasteiger partial charge on any atom is 0.244 e. The van der Waals surface area contributed by atoms with E-state index >= 15 is 0 Å². The van der Waals surface area contributed by atoms with Gasteiger partial charge in [-0.15, -0.1) is 0 Å². The number of aliphatic hydroxyl groups excluding tert-OH is 1. The predicted molar refractivity (Wildman–Crippen MR) is 86.7 cm³/mol. The van der Waals surface area contributed by atoms with Crippen LogP contribution in [-0.4, -0.2) is 47.3 Å². The highest BCUT2D eigenvalue weighted by molar-refractivity contribution is 6.00. The number of imide groups is 1. The third-order valence-corrected chi connectivity index (χ3v) is 3.46. The molecule has 7 nitrogen and oxygen atoms in total. The van der Waals surface area contributed by atoms with Crippen LogP contribution in [0.25, 0.3) is 0 Å². The number of nitrogens with two attached hydrogens (primary N) is 1. The minimum atomic E-state index is -0.758. The van der Waals surface area contributed by atoms with E-state index in [0.717, 1.165) is 5.56 Å². The monoisotopic (exact) mass is 323 g/mol. The van der Waals surface area contributed by atoms with E-state index in [1.54, 1.807) is 26.0 Å². The fourth-order valence-electron chi connectivity index (χ4n) is 1.96. The fraction of sp³-hybridized carbons (Fsp3) is 0.500. The topological polar surface area (TPSA) is 125 Å². The van der Waals surface area contributed by atoms with Gasteiger partial charge in [0.05, 0.1) is 18.7 Å². The molecule has 0 aliphatic carbocycles. The maximum atomic E-state index is 12.3. The molecule has 23 heavy (non-hydrogen) atoms. The van der Waals surface area contributed by atoms with Gasteiger partial charge in [0.25, 0.3) is 0 Å². The van der Waals surface area contributed by atoms with Gasteiger partial charge in [-0.05, 0) is 30.0 Å². The number of aromatic hydroxyl groups is 1. The molecule has 6 N–H and O–H groups in total. The highest BCUT2D eigenvalue weighted by Crippen LogP contribution is 2.11. The molecule has 0 aliphatic heterocycles. The first-order valence-corrected chi connectivity index (χ1v) is 7.57. The van der Waals surface area contributed by atoms with Crippen LogP contribution in [0.3, 0.4) is 0 Å². The lowest BCUT2D eigenvalue weighted by atomic mass is 10.0. The van der Waals surface area contributed by atoms with Crippen LogP contribution in [0.5, 0.6) is 5.75 Å². The summed E-state index contributed by atoms with van der Waals surface area (Å²) in [7, 11) is 0. The van der Waals surface area contributed by atoms with Crippen LogP contribution in [0.15, 0.2) is 24.3 Å². The molecule has 0 aromatic heterocycles. The minimum absolute atomic E-state index is 0.0799. The van der Waals surface area contributed by atoms with E-state index in [2.05, 4.69) is 10.6 Å². The van der Waals surface area contributed by atoms with Gasteiger partial charge >= 0.3 is 0 Å². The smallest absolute Gasteiger partial charge is 0.244 e. The first-order chi connectivity index (χ1) is 10.8. The number of benzene rings is 1. The van der Waals surface area contributed by atoms with Gasteiger partial charge in [-0.1, -0.05) is 26.0 Å². The second kappa shape index (κ2) is 9.24. The predicted octanol–water partition coefficient (Wildman–Crippen LogP) is -0.489. The average Bonchev–Trinajstić information content (AvgIpc) is 2.52. The van der Waals surface area contributed by atoms with Gasteiger partial charge in [-0.3, -0.25) is 14.9 Å². The molecule has 2 amide bonds. The van der Waals surface area contributed by atoms with Crippen molar-refractivity contribution in [3.05, 3.63) is 29.8 Å². The number of hydrogen-bond acceptors (Lipinski definition) is 6. The number of phenols is 1. The maximum absolute atomic E-state index is 12.3. The van der Waals surface area contributed by atoms with Crippen LogP contribution in [0.4, 0.5) is 0 Å². The summed E-state index contributed by atoms with van der Waals surface area (Å²) in [6, 6.07) is 4.99. The number of carbonyl (C=O) groups excluding carboxylic acids is 2. The van der Waals surface area contributed by atoms with Crippen molar-refractivity contribution in [2.24, 2.45) is 11.7 Å². The normalized spacial score (nSPS) is 13.6. The van der Waals surface area contributed by atoms with Crippen molar-refractivity contribution in [1.82, 2.24) is 10.6 Å². The Hall–Kier alpha value is -1.96. The van der Waals surface area contributed by atoms with E-state index in [1.165, 1.54) is 12.1 Å². The van der Waals surface area contributed by atoms with Crippen molar-refractivity contribution in [2.75, 3.05) is 13.2 Å². The van der Waals surface area contributed by atoms with Crippen molar-refractivity contribution in [3.8, 4) is 5.75 Å². The van der Waals surface area contributed by atoms with E-state index in [4.69, 9.17) is 10.8 Å².